The summed E-state index contributed by atoms with van der Waals surface area (Å²) in [4.78, 5) is 0. The SMILES string of the molecule is [CH2]C(C)CC1C(C)(C)CCC1(C)C. The van der Waals surface area contributed by atoms with Crippen LogP contribution in [0, 0.1) is 29.6 Å². The van der Waals surface area contributed by atoms with Crippen LogP contribution >= 0.6 is 0 Å². The second-order valence-electron chi connectivity index (χ2n) is 6.37. The summed E-state index contributed by atoms with van der Waals surface area (Å²) >= 11 is 0. The lowest BCUT2D eigenvalue weighted by molar-refractivity contribution is 0.133. The monoisotopic (exact) mass is 181 g/mol. The van der Waals surface area contributed by atoms with Gasteiger partial charge in [-0.05, 0) is 41.9 Å². The zero-order valence-corrected chi connectivity index (χ0v) is 9.98. The lowest BCUT2D eigenvalue weighted by Crippen LogP contribution is -2.28. The Hall–Kier alpha value is 0. The predicted molar refractivity (Wildman–Crippen MR) is 59.4 cm³/mol. The molecular weight excluding hydrogens is 156 g/mol. The van der Waals surface area contributed by atoms with Crippen LogP contribution in [0.15, 0.2) is 0 Å². The van der Waals surface area contributed by atoms with Gasteiger partial charge in [-0.2, -0.15) is 0 Å². The van der Waals surface area contributed by atoms with Crippen molar-refractivity contribution in [2.75, 3.05) is 0 Å². The van der Waals surface area contributed by atoms with E-state index in [0.717, 1.165) is 5.92 Å². The van der Waals surface area contributed by atoms with E-state index in [1.165, 1.54) is 19.3 Å². The average molecular weight is 181 g/mol. The minimum Gasteiger partial charge on any atom is -0.0625 e. The van der Waals surface area contributed by atoms with E-state index in [4.69, 9.17) is 0 Å². The van der Waals surface area contributed by atoms with Gasteiger partial charge in [-0.1, -0.05) is 41.5 Å². The molecule has 0 aromatic heterocycles. The van der Waals surface area contributed by atoms with E-state index in [0.29, 0.717) is 16.7 Å². The maximum atomic E-state index is 4.13. The molecule has 0 nitrogen and oxygen atoms in total. The summed E-state index contributed by atoms with van der Waals surface area (Å²) in [5.41, 5.74) is 1.07. The molecule has 0 amide bonds. The third-order valence-corrected chi connectivity index (χ3v) is 3.94. The predicted octanol–water partition coefficient (Wildman–Crippen LogP) is 4.31. The molecule has 77 valence electrons. The van der Waals surface area contributed by atoms with Gasteiger partial charge in [0.05, 0.1) is 0 Å². The van der Waals surface area contributed by atoms with Crippen molar-refractivity contribution in [2.24, 2.45) is 22.7 Å². The minimum atomic E-state index is 0.537. The van der Waals surface area contributed by atoms with Crippen molar-refractivity contribution < 1.29 is 0 Å². The Morgan fingerprint density at radius 2 is 1.54 bits per heavy atom. The van der Waals surface area contributed by atoms with Crippen LogP contribution in [-0.4, -0.2) is 0 Å². The molecule has 0 heteroatoms. The fourth-order valence-electron chi connectivity index (χ4n) is 3.09. The summed E-state index contributed by atoms with van der Waals surface area (Å²) in [6.45, 7) is 16.1. The molecule has 0 heterocycles. The van der Waals surface area contributed by atoms with Crippen LogP contribution in [0.1, 0.15) is 53.9 Å². The van der Waals surface area contributed by atoms with E-state index >= 15 is 0 Å². The van der Waals surface area contributed by atoms with Crippen molar-refractivity contribution in [3.8, 4) is 0 Å². The lowest BCUT2D eigenvalue weighted by atomic mass is 9.69. The van der Waals surface area contributed by atoms with Gasteiger partial charge in [-0.3, -0.25) is 0 Å². The molecule has 1 aliphatic rings. The maximum absolute atomic E-state index is 4.13. The first-order valence-electron chi connectivity index (χ1n) is 5.59. The molecule has 1 aliphatic carbocycles. The average Bonchev–Trinajstić information content (AvgIpc) is 2.12. The van der Waals surface area contributed by atoms with E-state index in [9.17, 15) is 0 Å². The highest BCUT2D eigenvalue weighted by Crippen LogP contribution is 2.55. The molecule has 0 aromatic rings. The van der Waals surface area contributed by atoms with Crippen molar-refractivity contribution >= 4 is 0 Å². The largest absolute Gasteiger partial charge is 0.0625 e. The number of hydrogen-bond donors (Lipinski definition) is 0. The summed E-state index contributed by atoms with van der Waals surface area (Å²) in [6, 6.07) is 0. The van der Waals surface area contributed by atoms with Crippen LogP contribution in [0.5, 0.6) is 0 Å². The Balaban J connectivity index is 2.75. The van der Waals surface area contributed by atoms with Crippen LogP contribution in [0.4, 0.5) is 0 Å². The maximum Gasteiger partial charge on any atom is -0.0309 e. The van der Waals surface area contributed by atoms with Gasteiger partial charge in [0.2, 0.25) is 0 Å². The van der Waals surface area contributed by atoms with Crippen molar-refractivity contribution in [2.45, 2.75) is 53.9 Å². The van der Waals surface area contributed by atoms with Gasteiger partial charge in [0, 0.05) is 0 Å². The normalized spacial score (nSPS) is 27.0. The number of rotatable bonds is 2. The van der Waals surface area contributed by atoms with E-state index in [1.54, 1.807) is 0 Å². The third kappa shape index (κ3) is 2.27. The third-order valence-electron chi connectivity index (χ3n) is 3.94. The highest BCUT2D eigenvalue weighted by molar-refractivity contribution is 4.96. The van der Waals surface area contributed by atoms with E-state index < -0.39 is 0 Å². The van der Waals surface area contributed by atoms with Gasteiger partial charge in [0.1, 0.15) is 0 Å². The molecule has 1 fully saturated rings. The molecule has 0 saturated heterocycles. The summed E-state index contributed by atoms with van der Waals surface area (Å²) < 4.78 is 0. The van der Waals surface area contributed by atoms with E-state index in [2.05, 4.69) is 41.5 Å². The van der Waals surface area contributed by atoms with Crippen LogP contribution < -0.4 is 0 Å². The molecule has 1 rings (SSSR count). The molecule has 0 spiro atoms. The van der Waals surface area contributed by atoms with Crippen LogP contribution in [0.2, 0.25) is 0 Å². The summed E-state index contributed by atoms with van der Waals surface area (Å²) in [5, 5.41) is 0. The van der Waals surface area contributed by atoms with Gasteiger partial charge in [0.15, 0.2) is 0 Å². The fraction of sp³-hybridized carbons (Fsp3) is 0.923. The molecular formula is C13H25. The summed E-state index contributed by atoms with van der Waals surface area (Å²) in [6.07, 6.45) is 4.06. The molecule has 1 unspecified atom stereocenters. The van der Waals surface area contributed by atoms with Crippen molar-refractivity contribution in [1.29, 1.82) is 0 Å². The van der Waals surface area contributed by atoms with Crippen molar-refractivity contribution in [3.63, 3.8) is 0 Å². The zero-order valence-electron chi connectivity index (χ0n) is 9.98. The Morgan fingerprint density at radius 1 is 1.15 bits per heavy atom. The number of hydrogen-bond acceptors (Lipinski definition) is 0. The highest BCUT2D eigenvalue weighted by Gasteiger charge is 2.46. The molecule has 0 aromatic carbocycles. The van der Waals surface area contributed by atoms with Gasteiger partial charge < -0.3 is 0 Å². The summed E-state index contributed by atoms with van der Waals surface area (Å²) in [5.74, 6) is 1.45. The van der Waals surface area contributed by atoms with Gasteiger partial charge in [-0.15, -0.1) is 0 Å². The van der Waals surface area contributed by atoms with Gasteiger partial charge in [-0.25, -0.2) is 0 Å². The Morgan fingerprint density at radius 3 is 1.85 bits per heavy atom. The molecule has 0 N–H and O–H groups in total. The first kappa shape index (κ1) is 11.1. The lowest BCUT2D eigenvalue weighted by Gasteiger charge is -2.36. The van der Waals surface area contributed by atoms with Crippen LogP contribution in [0.3, 0.4) is 0 Å². The highest BCUT2D eigenvalue weighted by atomic mass is 14.5. The summed E-state index contributed by atoms with van der Waals surface area (Å²) in [7, 11) is 0. The van der Waals surface area contributed by atoms with Crippen molar-refractivity contribution in [1.82, 2.24) is 0 Å². The zero-order chi connectivity index (χ0) is 10.3. The quantitative estimate of drug-likeness (QED) is 0.595. The first-order valence-corrected chi connectivity index (χ1v) is 5.59. The van der Waals surface area contributed by atoms with Crippen molar-refractivity contribution in [3.05, 3.63) is 6.92 Å². The molecule has 1 saturated carbocycles. The molecule has 1 atom stereocenters. The Kier molecular flexibility index (Phi) is 2.81. The second kappa shape index (κ2) is 3.29. The van der Waals surface area contributed by atoms with Crippen LogP contribution in [-0.2, 0) is 0 Å². The van der Waals surface area contributed by atoms with Crippen LogP contribution in [0.25, 0.3) is 0 Å². The topological polar surface area (TPSA) is 0 Å². The standard InChI is InChI=1S/C13H25/c1-10(2)9-11-12(3,4)7-8-13(11,5)6/h10-11H,1,7-9H2,2-6H3. The van der Waals surface area contributed by atoms with Gasteiger partial charge in [0.25, 0.3) is 0 Å². The first-order chi connectivity index (χ1) is 5.76. The molecule has 0 bridgehead atoms. The Labute approximate surface area is 84.1 Å². The fourth-order valence-corrected chi connectivity index (χ4v) is 3.09. The second-order valence-corrected chi connectivity index (χ2v) is 6.37. The molecule has 0 aliphatic heterocycles. The molecule has 13 heavy (non-hydrogen) atoms. The van der Waals surface area contributed by atoms with Gasteiger partial charge >= 0.3 is 0 Å². The minimum absolute atomic E-state index is 0.537. The Bertz CT molecular complexity index is 158. The van der Waals surface area contributed by atoms with E-state index in [1.807, 2.05) is 0 Å². The smallest absolute Gasteiger partial charge is 0.0309 e. The molecule has 1 radical (unpaired) electrons. The van der Waals surface area contributed by atoms with E-state index in [-0.39, 0.29) is 0 Å².